The molecule has 4 rings (SSSR count). The Bertz CT molecular complexity index is 1440. The van der Waals surface area contributed by atoms with Gasteiger partial charge in [0.05, 0.1) is 0 Å². The lowest BCUT2D eigenvalue weighted by molar-refractivity contribution is 0.102. The topological polar surface area (TPSA) is 81.8 Å². The number of anilines is 1. The van der Waals surface area contributed by atoms with Crippen LogP contribution in [0.1, 0.15) is 35.9 Å². The Morgan fingerprint density at radius 1 is 1.09 bits per heavy atom. The van der Waals surface area contributed by atoms with Crippen molar-refractivity contribution in [3.05, 3.63) is 88.1 Å². The van der Waals surface area contributed by atoms with Crippen LogP contribution in [-0.2, 0) is 7.05 Å². The molecule has 34 heavy (non-hydrogen) atoms. The highest BCUT2D eigenvalue weighted by Gasteiger charge is 2.19. The monoisotopic (exact) mass is 463 g/mol. The summed E-state index contributed by atoms with van der Waals surface area (Å²) in [4.78, 5) is 34.7. The van der Waals surface area contributed by atoms with Gasteiger partial charge in [-0.3, -0.25) is 9.59 Å². The molecule has 174 valence electrons. The lowest BCUT2D eigenvalue weighted by Gasteiger charge is -2.14. The van der Waals surface area contributed by atoms with E-state index in [0.29, 0.717) is 22.8 Å². The zero-order valence-electron chi connectivity index (χ0n) is 19.1. The standard InChI is InChI=1S/C25H23F2N5O2/c1-14(2)32-9-8-28-23(32)21-6-5-7-22(29-21)30-24(33)20-13-19(15(3)31(4)25(20)34)16-10-17(26)12-18(27)11-16/h5-14H,1-4H3,(H,29,30,33). The predicted molar refractivity (Wildman–Crippen MR) is 126 cm³/mol. The van der Waals surface area contributed by atoms with Crippen molar-refractivity contribution in [2.45, 2.75) is 26.8 Å². The number of pyridine rings is 2. The van der Waals surface area contributed by atoms with Crippen molar-refractivity contribution in [3.63, 3.8) is 0 Å². The maximum Gasteiger partial charge on any atom is 0.263 e. The average molecular weight is 463 g/mol. The van der Waals surface area contributed by atoms with E-state index in [0.717, 1.165) is 18.2 Å². The quantitative estimate of drug-likeness (QED) is 0.464. The van der Waals surface area contributed by atoms with Crippen molar-refractivity contribution in [1.82, 2.24) is 19.1 Å². The zero-order chi connectivity index (χ0) is 24.6. The van der Waals surface area contributed by atoms with Gasteiger partial charge in [0.25, 0.3) is 11.5 Å². The molecule has 3 heterocycles. The molecule has 0 saturated heterocycles. The van der Waals surface area contributed by atoms with E-state index in [1.165, 1.54) is 17.7 Å². The van der Waals surface area contributed by atoms with Crippen molar-refractivity contribution in [1.29, 1.82) is 0 Å². The highest BCUT2D eigenvalue weighted by molar-refractivity contribution is 6.04. The Labute approximate surface area is 194 Å². The molecule has 4 aromatic rings. The summed E-state index contributed by atoms with van der Waals surface area (Å²) >= 11 is 0. The van der Waals surface area contributed by atoms with Crippen LogP contribution in [0.3, 0.4) is 0 Å². The number of hydrogen-bond acceptors (Lipinski definition) is 4. The van der Waals surface area contributed by atoms with Crippen molar-refractivity contribution < 1.29 is 13.6 Å². The first-order valence-electron chi connectivity index (χ1n) is 10.6. The minimum absolute atomic E-state index is 0.166. The number of aromatic nitrogens is 4. The number of amides is 1. The van der Waals surface area contributed by atoms with E-state index in [-0.39, 0.29) is 23.0 Å². The molecule has 0 aliphatic rings. The van der Waals surface area contributed by atoms with Crippen molar-refractivity contribution in [2.75, 3.05) is 5.32 Å². The summed E-state index contributed by atoms with van der Waals surface area (Å²) in [7, 11) is 1.50. The lowest BCUT2D eigenvalue weighted by Crippen LogP contribution is -2.29. The van der Waals surface area contributed by atoms with E-state index in [1.54, 1.807) is 31.3 Å². The third-order valence-electron chi connectivity index (χ3n) is 5.58. The number of imidazole rings is 1. The molecule has 0 unspecified atom stereocenters. The molecular weight excluding hydrogens is 440 g/mol. The van der Waals surface area contributed by atoms with Gasteiger partial charge >= 0.3 is 0 Å². The van der Waals surface area contributed by atoms with Crippen LogP contribution in [0.15, 0.2) is 59.7 Å². The molecule has 1 amide bonds. The van der Waals surface area contributed by atoms with Crippen LogP contribution in [0.5, 0.6) is 0 Å². The number of hydrogen-bond donors (Lipinski definition) is 1. The third-order valence-corrected chi connectivity index (χ3v) is 5.58. The second kappa shape index (κ2) is 9.01. The number of benzene rings is 1. The number of nitrogens with one attached hydrogen (secondary N) is 1. The van der Waals surface area contributed by atoms with Gasteiger partial charge in [0.2, 0.25) is 0 Å². The molecule has 0 aliphatic heterocycles. The number of carbonyl (C=O) groups is 1. The smallest absolute Gasteiger partial charge is 0.263 e. The van der Waals surface area contributed by atoms with Gasteiger partial charge in [-0.1, -0.05) is 6.07 Å². The van der Waals surface area contributed by atoms with E-state index < -0.39 is 23.1 Å². The van der Waals surface area contributed by atoms with Crippen LogP contribution in [0, 0.1) is 18.6 Å². The van der Waals surface area contributed by atoms with Gasteiger partial charge in [0, 0.05) is 42.8 Å². The molecule has 1 aromatic carbocycles. The first-order chi connectivity index (χ1) is 16.2. The molecule has 7 nitrogen and oxygen atoms in total. The van der Waals surface area contributed by atoms with E-state index in [4.69, 9.17) is 0 Å². The molecule has 0 bridgehead atoms. The summed E-state index contributed by atoms with van der Waals surface area (Å²) in [6.07, 6.45) is 3.52. The number of carbonyl (C=O) groups excluding carboxylic acids is 1. The van der Waals surface area contributed by atoms with Gasteiger partial charge in [-0.05, 0) is 56.7 Å². The molecule has 1 N–H and O–H groups in total. The molecular formula is C25H23F2N5O2. The fourth-order valence-corrected chi connectivity index (χ4v) is 3.73. The summed E-state index contributed by atoms with van der Waals surface area (Å²) in [6, 6.07) is 9.68. The molecule has 3 aromatic heterocycles. The van der Waals surface area contributed by atoms with Crippen LogP contribution in [0.2, 0.25) is 0 Å². The number of rotatable bonds is 5. The van der Waals surface area contributed by atoms with Gasteiger partial charge in [0.15, 0.2) is 5.82 Å². The van der Waals surface area contributed by atoms with E-state index in [9.17, 15) is 18.4 Å². The summed E-state index contributed by atoms with van der Waals surface area (Å²) in [5.41, 5.74) is 0.897. The SMILES string of the molecule is Cc1c(-c2cc(F)cc(F)c2)cc(C(=O)Nc2cccc(-c3nccn3C(C)C)n2)c(=O)n1C. The van der Waals surface area contributed by atoms with E-state index >= 15 is 0 Å². The number of halogens is 2. The Balaban J connectivity index is 1.71. The van der Waals surface area contributed by atoms with Crippen molar-refractivity contribution in [3.8, 4) is 22.6 Å². The molecule has 0 aliphatic carbocycles. The third kappa shape index (κ3) is 4.36. The molecule has 9 heteroatoms. The van der Waals surface area contributed by atoms with Crippen LogP contribution >= 0.6 is 0 Å². The van der Waals surface area contributed by atoms with Crippen LogP contribution in [0.4, 0.5) is 14.6 Å². The van der Waals surface area contributed by atoms with Gasteiger partial charge in [-0.15, -0.1) is 0 Å². The minimum atomic E-state index is -0.755. The van der Waals surface area contributed by atoms with Crippen LogP contribution < -0.4 is 10.9 Å². The highest BCUT2D eigenvalue weighted by atomic mass is 19.1. The van der Waals surface area contributed by atoms with Crippen molar-refractivity contribution in [2.24, 2.45) is 7.05 Å². The Hall–Kier alpha value is -4.14. The van der Waals surface area contributed by atoms with Gasteiger partial charge in [0.1, 0.15) is 28.7 Å². The second-order valence-corrected chi connectivity index (χ2v) is 8.19. The Morgan fingerprint density at radius 2 is 1.79 bits per heavy atom. The minimum Gasteiger partial charge on any atom is -0.327 e. The first-order valence-corrected chi connectivity index (χ1v) is 10.6. The molecule has 0 saturated carbocycles. The largest absolute Gasteiger partial charge is 0.327 e. The van der Waals surface area contributed by atoms with Gasteiger partial charge in [-0.2, -0.15) is 0 Å². The zero-order valence-corrected chi connectivity index (χ0v) is 19.1. The average Bonchev–Trinajstić information content (AvgIpc) is 3.27. The Morgan fingerprint density at radius 3 is 2.47 bits per heavy atom. The van der Waals surface area contributed by atoms with E-state index in [1.807, 2.05) is 24.6 Å². The molecule has 0 radical (unpaired) electrons. The normalized spacial score (nSPS) is 11.1. The van der Waals surface area contributed by atoms with E-state index in [2.05, 4.69) is 15.3 Å². The summed E-state index contributed by atoms with van der Waals surface area (Å²) in [5, 5.41) is 2.65. The highest BCUT2D eigenvalue weighted by Crippen LogP contribution is 2.26. The molecule has 0 spiro atoms. The van der Waals surface area contributed by atoms with Crippen molar-refractivity contribution >= 4 is 11.7 Å². The van der Waals surface area contributed by atoms with Crippen LogP contribution in [0.25, 0.3) is 22.6 Å². The van der Waals surface area contributed by atoms with Crippen LogP contribution in [-0.4, -0.2) is 25.0 Å². The maximum absolute atomic E-state index is 13.8. The summed E-state index contributed by atoms with van der Waals surface area (Å²) < 4.78 is 30.8. The summed E-state index contributed by atoms with van der Waals surface area (Å²) in [6.45, 7) is 5.68. The van der Waals surface area contributed by atoms with Gasteiger partial charge < -0.3 is 14.5 Å². The maximum atomic E-state index is 13.8. The fraction of sp³-hybridized carbons (Fsp3) is 0.200. The Kier molecular flexibility index (Phi) is 6.10. The molecule has 0 atom stereocenters. The first kappa shape index (κ1) is 23.0. The number of nitrogens with zero attached hydrogens (tertiary/aromatic N) is 4. The predicted octanol–water partition coefficient (Wildman–Crippen LogP) is 4.73. The second-order valence-electron chi connectivity index (χ2n) is 8.19. The van der Waals surface area contributed by atoms with Gasteiger partial charge in [-0.25, -0.2) is 18.7 Å². The lowest BCUT2D eigenvalue weighted by atomic mass is 10.0. The fourth-order valence-electron chi connectivity index (χ4n) is 3.73. The molecule has 0 fully saturated rings. The summed E-state index contributed by atoms with van der Waals surface area (Å²) in [5.74, 6) is -1.31.